The summed E-state index contributed by atoms with van der Waals surface area (Å²) in [6, 6.07) is 6.90. The van der Waals surface area contributed by atoms with Gasteiger partial charge < -0.3 is 15.2 Å². The van der Waals surface area contributed by atoms with Gasteiger partial charge in [-0.05, 0) is 43.5 Å². The Labute approximate surface area is 122 Å². The van der Waals surface area contributed by atoms with Gasteiger partial charge in [0, 0.05) is 11.7 Å². The smallest absolute Gasteiger partial charge is 0.391 e. The molecular weight excluding hydrogens is 283 g/mol. The van der Waals surface area contributed by atoms with Crippen LogP contribution in [0.25, 0.3) is 0 Å². The molecule has 2 rings (SSSR count). The van der Waals surface area contributed by atoms with E-state index in [1.807, 2.05) is 0 Å². The second-order valence-electron chi connectivity index (χ2n) is 5.34. The number of aliphatic hydroxyl groups is 1. The van der Waals surface area contributed by atoms with Gasteiger partial charge in [0.15, 0.2) is 0 Å². The van der Waals surface area contributed by atoms with Crippen molar-refractivity contribution in [1.82, 2.24) is 0 Å². The lowest BCUT2D eigenvalue weighted by atomic mass is 9.85. The summed E-state index contributed by atoms with van der Waals surface area (Å²) >= 11 is 0. The molecule has 6 heteroatoms. The van der Waals surface area contributed by atoms with Crippen molar-refractivity contribution in [3.63, 3.8) is 0 Å². The third-order valence-corrected chi connectivity index (χ3v) is 3.72. The molecular formula is C15H20F3NO2. The maximum absolute atomic E-state index is 12.8. The summed E-state index contributed by atoms with van der Waals surface area (Å²) in [6.45, 7) is 0.170. The standard InChI is InChI=1S/C15H20F3NO2/c16-15(17,18)11-2-1-3-13(10-11)19-12-4-6-14(7-5-12)21-9-8-20/h4-7,11,13,19-20H,1-3,8-10H2/t11-,13+/m1/s1. The summed E-state index contributed by atoms with van der Waals surface area (Å²) in [4.78, 5) is 0. The number of hydrogen-bond acceptors (Lipinski definition) is 3. The summed E-state index contributed by atoms with van der Waals surface area (Å²) < 4.78 is 43.5. The Kier molecular flexibility index (Phi) is 5.33. The molecule has 0 aromatic heterocycles. The highest BCUT2D eigenvalue weighted by atomic mass is 19.4. The molecule has 1 saturated carbocycles. The average Bonchev–Trinajstić information content (AvgIpc) is 2.46. The molecule has 2 N–H and O–H groups in total. The number of hydrogen-bond donors (Lipinski definition) is 2. The van der Waals surface area contributed by atoms with Gasteiger partial charge in [0.1, 0.15) is 12.4 Å². The summed E-state index contributed by atoms with van der Waals surface area (Å²) in [5.74, 6) is -0.567. The van der Waals surface area contributed by atoms with Gasteiger partial charge in [-0.1, -0.05) is 6.42 Å². The number of benzene rings is 1. The van der Waals surface area contributed by atoms with Crippen molar-refractivity contribution in [3.05, 3.63) is 24.3 Å². The molecule has 1 aromatic rings. The van der Waals surface area contributed by atoms with E-state index in [9.17, 15) is 13.2 Å². The fourth-order valence-corrected chi connectivity index (χ4v) is 2.66. The highest BCUT2D eigenvalue weighted by molar-refractivity contribution is 5.47. The predicted molar refractivity (Wildman–Crippen MR) is 74.4 cm³/mol. The largest absolute Gasteiger partial charge is 0.491 e. The highest BCUT2D eigenvalue weighted by Crippen LogP contribution is 2.38. The van der Waals surface area contributed by atoms with E-state index < -0.39 is 12.1 Å². The second kappa shape index (κ2) is 7.02. The zero-order valence-electron chi connectivity index (χ0n) is 11.7. The number of rotatable bonds is 5. The SMILES string of the molecule is OCCOc1ccc(N[C@H]2CCC[C@@H](C(F)(F)F)C2)cc1. The van der Waals surface area contributed by atoms with Gasteiger partial charge >= 0.3 is 6.18 Å². The fourth-order valence-electron chi connectivity index (χ4n) is 2.66. The molecule has 1 aliphatic carbocycles. The topological polar surface area (TPSA) is 41.5 Å². The molecule has 0 heterocycles. The zero-order valence-corrected chi connectivity index (χ0v) is 11.7. The Hall–Kier alpha value is -1.43. The van der Waals surface area contributed by atoms with Gasteiger partial charge in [-0.3, -0.25) is 0 Å². The normalized spacial score (nSPS) is 22.9. The number of halogens is 3. The monoisotopic (exact) mass is 303 g/mol. The first-order valence-electron chi connectivity index (χ1n) is 7.16. The van der Waals surface area contributed by atoms with E-state index in [-0.39, 0.29) is 32.1 Å². The predicted octanol–water partition coefficient (Wildman–Crippen LogP) is 3.59. The molecule has 0 amide bonds. The molecule has 21 heavy (non-hydrogen) atoms. The van der Waals surface area contributed by atoms with Crippen LogP contribution in [-0.4, -0.2) is 30.5 Å². The lowest BCUT2D eigenvalue weighted by Gasteiger charge is -2.31. The molecule has 0 saturated heterocycles. The number of alkyl halides is 3. The summed E-state index contributed by atoms with van der Waals surface area (Å²) in [5, 5.41) is 11.8. The molecule has 0 unspecified atom stereocenters. The molecule has 0 bridgehead atoms. The van der Waals surface area contributed by atoms with Gasteiger partial charge in [0.25, 0.3) is 0 Å². The molecule has 1 aliphatic rings. The summed E-state index contributed by atoms with van der Waals surface area (Å²) in [6.07, 6.45) is -2.38. The van der Waals surface area contributed by atoms with Crippen molar-refractivity contribution < 1.29 is 23.0 Å². The Morgan fingerprint density at radius 3 is 2.52 bits per heavy atom. The minimum Gasteiger partial charge on any atom is -0.491 e. The van der Waals surface area contributed by atoms with Crippen LogP contribution in [0.15, 0.2) is 24.3 Å². The van der Waals surface area contributed by atoms with Crippen molar-refractivity contribution in [2.45, 2.75) is 37.9 Å². The molecule has 0 radical (unpaired) electrons. The van der Waals surface area contributed by atoms with Crippen LogP contribution in [-0.2, 0) is 0 Å². The van der Waals surface area contributed by atoms with Gasteiger partial charge in [0.05, 0.1) is 12.5 Å². The van der Waals surface area contributed by atoms with Gasteiger partial charge in [-0.15, -0.1) is 0 Å². The summed E-state index contributed by atoms with van der Waals surface area (Å²) in [5.41, 5.74) is 0.791. The second-order valence-corrected chi connectivity index (χ2v) is 5.34. The van der Waals surface area contributed by atoms with Crippen LogP contribution in [0.2, 0.25) is 0 Å². The zero-order chi connectivity index (χ0) is 15.3. The Bertz CT molecular complexity index is 434. The molecule has 2 atom stereocenters. The molecule has 1 aromatic carbocycles. The van der Waals surface area contributed by atoms with Crippen molar-refractivity contribution >= 4 is 5.69 Å². The fraction of sp³-hybridized carbons (Fsp3) is 0.600. The van der Waals surface area contributed by atoms with Gasteiger partial charge in [-0.25, -0.2) is 0 Å². The van der Waals surface area contributed by atoms with E-state index in [1.54, 1.807) is 24.3 Å². The first-order valence-corrected chi connectivity index (χ1v) is 7.16. The van der Waals surface area contributed by atoms with E-state index in [2.05, 4.69) is 5.32 Å². The third kappa shape index (κ3) is 4.81. The van der Waals surface area contributed by atoms with E-state index in [4.69, 9.17) is 9.84 Å². The highest BCUT2D eigenvalue weighted by Gasteiger charge is 2.42. The van der Waals surface area contributed by atoms with Crippen LogP contribution in [0.4, 0.5) is 18.9 Å². The summed E-state index contributed by atoms with van der Waals surface area (Å²) in [7, 11) is 0. The molecule has 1 fully saturated rings. The number of ether oxygens (including phenoxy) is 1. The molecule has 3 nitrogen and oxygen atoms in total. The molecule has 0 aliphatic heterocycles. The number of aliphatic hydroxyl groups excluding tert-OH is 1. The molecule has 0 spiro atoms. The third-order valence-electron chi connectivity index (χ3n) is 3.72. The Morgan fingerprint density at radius 1 is 1.19 bits per heavy atom. The van der Waals surface area contributed by atoms with Gasteiger partial charge in [-0.2, -0.15) is 13.2 Å². The van der Waals surface area contributed by atoms with Crippen LogP contribution in [0, 0.1) is 5.92 Å². The quantitative estimate of drug-likeness (QED) is 0.873. The Morgan fingerprint density at radius 2 is 1.90 bits per heavy atom. The van der Waals surface area contributed by atoms with Crippen molar-refractivity contribution in [2.75, 3.05) is 18.5 Å². The first-order chi connectivity index (χ1) is 9.99. The van der Waals surface area contributed by atoms with Crippen LogP contribution < -0.4 is 10.1 Å². The molecule has 118 valence electrons. The van der Waals surface area contributed by atoms with Crippen LogP contribution in [0.3, 0.4) is 0 Å². The van der Waals surface area contributed by atoms with Crippen molar-refractivity contribution in [3.8, 4) is 5.75 Å². The van der Waals surface area contributed by atoms with Crippen LogP contribution in [0.5, 0.6) is 5.75 Å². The van der Waals surface area contributed by atoms with Gasteiger partial charge in [0.2, 0.25) is 0 Å². The maximum atomic E-state index is 12.8. The lowest BCUT2D eigenvalue weighted by molar-refractivity contribution is -0.182. The first kappa shape index (κ1) is 15.9. The average molecular weight is 303 g/mol. The maximum Gasteiger partial charge on any atom is 0.391 e. The van der Waals surface area contributed by atoms with Crippen LogP contribution in [0.1, 0.15) is 25.7 Å². The van der Waals surface area contributed by atoms with Crippen molar-refractivity contribution in [1.29, 1.82) is 0 Å². The minimum atomic E-state index is -4.09. The van der Waals surface area contributed by atoms with Crippen molar-refractivity contribution in [2.24, 2.45) is 5.92 Å². The van der Waals surface area contributed by atoms with E-state index in [0.29, 0.717) is 12.2 Å². The number of anilines is 1. The van der Waals surface area contributed by atoms with E-state index in [0.717, 1.165) is 12.1 Å². The van der Waals surface area contributed by atoms with Crippen LogP contribution >= 0.6 is 0 Å². The Balaban J connectivity index is 1.89. The lowest BCUT2D eigenvalue weighted by Crippen LogP contribution is -2.34. The minimum absolute atomic E-state index is 0.0547. The van der Waals surface area contributed by atoms with E-state index in [1.165, 1.54) is 0 Å². The van der Waals surface area contributed by atoms with E-state index >= 15 is 0 Å². The number of nitrogens with one attached hydrogen (secondary N) is 1.